The van der Waals surface area contributed by atoms with Crippen LogP contribution < -0.4 is 4.90 Å². The van der Waals surface area contributed by atoms with Crippen LogP contribution in [0.3, 0.4) is 0 Å². The average Bonchev–Trinajstić information content (AvgIpc) is 3.15. The molecule has 4 rings (SSSR count). The predicted molar refractivity (Wildman–Crippen MR) is 123 cm³/mol. The first-order valence-electron chi connectivity index (χ1n) is 10.5. The van der Waals surface area contributed by atoms with E-state index in [4.69, 9.17) is 4.74 Å². The van der Waals surface area contributed by atoms with Gasteiger partial charge in [0.2, 0.25) is 0 Å². The molecular weight excluding hydrogens is 354 g/mol. The van der Waals surface area contributed by atoms with Crippen LogP contribution in [0.1, 0.15) is 45.7 Å². The van der Waals surface area contributed by atoms with Crippen molar-refractivity contribution in [3.8, 4) is 0 Å². The Morgan fingerprint density at radius 1 is 0.966 bits per heavy atom. The lowest BCUT2D eigenvalue weighted by atomic mass is 9.69. The third kappa shape index (κ3) is 2.62. The first kappa shape index (κ1) is 19.6. The minimum absolute atomic E-state index is 0.120. The first-order valence-corrected chi connectivity index (χ1v) is 10.5. The van der Waals surface area contributed by atoms with Crippen LogP contribution in [0.25, 0.3) is 5.57 Å². The minimum atomic E-state index is -0.336. The van der Waals surface area contributed by atoms with Gasteiger partial charge in [-0.05, 0) is 49.6 Å². The topological polar surface area (TPSA) is 12.5 Å². The Kier molecular flexibility index (Phi) is 4.69. The fourth-order valence-corrected chi connectivity index (χ4v) is 5.27. The highest BCUT2D eigenvalue weighted by molar-refractivity contribution is 5.88. The van der Waals surface area contributed by atoms with E-state index < -0.39 is 0 Å². The van der Waals surface area contributed by atoms with Crippen molar-refractivity contribution in [2.24, 2.45) is 0 Å². The molecule has 29 heavy (non-hydrogen) atoms. The van der Waals surface area contributed by atoms with Gasteiger partial charge in [-0.2, -0.15) is 0 Å². The van der Waals surface area contributed by atoms with Crippen LogP contribution in [0.15, 0.2) is 83.7 Å². The van der Waals surface area contributed by atoms with E-state index in [-0.39, 0.29) is 11.0 Å². The van der Waals surface area contributed by atoms with E-state index >= 15 is 0 Å². The van der Waals surface area contributed by atoms with Gasteiger partial charge in [0.25, 0.3) is 0 Å². The molecule has 1 unspecified atom stereocenters. The van der Waals surface area contributed by atoms with Crippen LogP contribution in [0.5, 0.6) is 0 Å². The molecule has 0 saturated heterocycles. The average molecular weight is 386 g/mol. The van der Waals surface area contributed by atoms with Crippen LogP contribution >= 0.6 is 0 Å². The highest BCUT2D eigenvalue weighted by atomic mass is 16.5. The quantitative estimate of drug-likeness (QED) is 0.595. The Morgan fingerprint density at radius 3 is 2.24 bits per heavy atom. The summed E-state index contributed by atoms with van der Waals surface area (Å²) in [5, 5.41) is 0. The van der Waals surface area contributed by atoms with Crippen molar-refractivity contribution in [2.45, 2.75) is 45.6 Å². The molecule has 0 amide bonds. The minimum Gasteiger partial charge on any atom is -0.495 e. The maximum Gasteiger partial charge on any atom is 0.134 e. The Balaban J connectivity index is 1.98. The van der Waals surface area contributed by atoms with Gasteiger partial charge in [0.05, 0.1) is 6.61 Å². The van der Waals surface area contributed by atoms with Crippen molar-refractivity contribution in [2.75, 3.05) is 18.6 Å². The van der Waals surface area contributed by atoms with Crippen molar-refractivity contribution < 1.29 is 4.74 Å². The molecule has 2 heteroatoms. The van der Waals surface area contributed by atoms with Crippen LogP contribution in [0.4, 0.5) is 5.69 Å². The molecule has 1 heterocycles. The molecule has 0 radical (unpaired) electrons. The number of likely N-dealkylation sites (N-methyl/N-ethyl adjacent to an activating group) is 1. The zero-order chi connectivity index (χ0) is 20.8. The van der Waals surface area contributed by atoms with Gasteiger partial charge in [-0.25, -0.2) is 0 Å². The molecule has 0 N–H and O–H groups in total. The molecule has 1 spiro atoms. The summed E-state index contributed by atoms with van der Waals surface area (Å²) in [7, 11) is 2.20. The van der Waals surface area contributed by atoms with Gasteiger partial charge in [-0.3, -0.25) is 0 Å². The van der Waals surface area contributed by atoms with Gasteiger partial charge in [0.15, 0.2) is 0 Å². The normalized spacial score (nSPS) is 21.7. The van der Waals surface area contributed by atoms with E-state index in [1.807, 2.05) is 0 Å². The number of fused-ring (bicyclic) bond motifs is 1. The summed E-state index contributed by atoms with van der Waals surface area (Å²) in [6.07, 6.45) is 4.64. The molecule has 2 aliphatic rings. The Hall–Kier alpha value is -2.74. The number of anilines is 1. The number of benzene rings is 2. The zero-order valence-corrected chi connectivity index (χ0v) is 18.4. The van der Waals surface area contributed by atoms with E-state index in [1.165, 1.54) is 33.5 Å². The summed E-state index contributed by atoms with van der Waals surface area (Å²) in [6.45, 7) is 11.8. The molecule has 2 aromatic rings. The predicted octanol–water partition coefficient (Wildman–Crippen LogP) is 6.51. The fourth-order valence-electron chi connectivity index (χ4n) is 5.27. The van der Waals surface area contributed by atoms with Gasteiger partial charge in [-0.1, -0.05) is 74.0 Å². The number of allylic oxidation sites excluding steroid dienone is 4. The van der Waals surface area contributed by atoms with Crippen molar-refractivity contribution in [3.63, 3.8) is 0 Å². The summed E-state index contributed by atoms with van der Waals surface area (Å²) in [5.41, 5.74) is 7.18. The van der Waals surface area contributed by atoms with Crippen LogP contribution in [-0.4, -0.2) is 19.2 Å². The molecule has 1 aliphatic heterocycles. The summed E-state index contributed by atoms with van der Waals surface area (Å²) < 4.78 is 6.48. The molecule has 150 valence electrons. The van der Waals surface area contributed by atoms with E-state index in [1.54, 1.807) is 0 Å². The maximum absolute atomic E-state index is 6.48. The highest BCUT2D eigenvalue weighted by Gasteiger charge is 2.59. The Bertz CT molecular complexity index is 1020. The fraction of sp³-hybridized carbons (Fsp3) is 0.333. The highest BCUT2D eigenvalue weighted by Crippen LogP contribution is 2.58. The molecule has 1 atom stereocenters. The largest absolute Gasteiger partial charge is 0.495 e. The van der Waals surface area contributed by atoms with Gasteiger partial charge in [0.1, 0.15) is 11.3 Å². The van der Waals surface area contributed by atoms with Gasteiger partial charge in [0, 0.05) is 23.7 Å². The molecule has 0 bridgehead atoms. The second-order valence-electron chi connectivity index (χ2n) is 8.72. The molecule has 1 aliphatic carbocycles. The number of para-hydroxylation sites is 1. The van der Waals surface area contributed by atoms with Crippen molar-refractivity contribution in [1.29, 1.82) is 0 Å². The summed E-state index contributed by atoms with van der Waals surface area (Å²) >= 11 is 0. The SMILES string of the molecule is CCOC1=C(C(=C(C)C)c2ccccc2)C=CC12N(C)c1ccccc1C2(C)C. The third-order valence-electron chi connectivity index (χ3n) is 6.62. The number of rotatable bonds is 4. The van der Waals surface area contributed by atoms with E-state index in [9.17, 15) is 0 Å². The van der Waals surface area contributed by atoms with Gasteiger partial charge in [-0.15, -0.1) is 0 Å². The van der Waals surface area contributed by atoms with Crippen LogP contribution in [0.2, 0.25) is 0 Å². The van der Waals surface area contributed by atoms with Crippen molar-refractivity contribution in [3.05, 3.63) is 94.8 Å². The molecule has 0 aromatic heterocycles. The number of hydrogen-bond acceptors (Lipinski definition) is 2. The van der Waals surface area contributed by atoms with Crippen LogP contribution in [-0.2, 0) is 10.2 Å². The Morgan fingerprint density at radius 2 is 1.62 bits per heavy atom. The summed E-state index contributed by atoms with van der Waals surface area (Å²) in [6, 6.07) is 19.4. The summed E-state index contributed by atoms with van der Waals surface area (Å²) in [5.74, 6) is 1.06. The standard InChI is InChI=1S/C27H31NO/c1-7-29-25-21(24(19(2)3)20-13-9-8-10-14-20)17-18-27(25)26(4,5)22-15-11-12-16-23(22)28(27)6/h8-18H,7H2,1-6H3. The lowest BCUT2D eigenvalue weighted by Crippen LogP contribution is -2.54. The van der Waals surface area contributed by atoms with Crippen molar-refractivity contribution in [1.82, 2.24) is 0 Å². The van der Waals surface area contributed by atoms with E-state index in [2.05, 4.69) is 113 Å². The molecule has 0 fully saturated rings. The Labute approximate surface area is 175 Å². The van der Waals surface area contributed by atoms with E-state index in [0.29, 0.717) is 6.61 Å². The third-order valence-corrected chi connectivity index (χ3v) is 6.62. The number of hydrogen-bond donors (Lipinski definition) is 0. The molecule has 2 aromatic carbocycles. The maximum atomic E-state index is 6.48. The van der Waals surface area contributed by atoms with Crippen LogP contribution in [0, 0.1) is 0 Å². The first-order chi connectivity index (χ1) is 13.9. The van der Waals surface area contributed by atoms with Gasteiger partial charge >= 0.3 is 0 Å². The molecule has 2 nitrogen and oxygen atoms in total. The van der Waals surface area contributed by atoms with Crippen molar-refractivity contribution >= 4 is 11.3 Å². The number of nitrogens with zero attached hydrogens (tertiary/aromatic N) is 1. The second kappa shape index (κ2) is 6.95. The molecular formula is C27H31NO. The molecule has 0 saturated carbocycles. The lowest BCUT2D eigenvalue weighted by Gasteiger charge is -2.44. The lowest BCUT2D eigenvalue weighted by molar-refractivity contribution is 0.166. The van der Waals surface area contributed by atoms with E-state index in [0.717, 1.165) is 5.76 Å². The zero-order valence-electron chi connectivity index (χ0n) is 18.4. The second-order valence-corrected chi connectivity index (χ2v) is 8.72. The number of ether oxygens (including phenoxy) is 1. The van der Waals surface area contributed by atoms with Gasteiger partial charge < -0.3 is 9.64 Å². The monoisotopic (exact) mass is 385 g/mol. The smallest absolute Gasteiger partial charge is 0.134 e. The summed E-state index contributed by atoms with van der Waals surface area (Å²) in [4.78, 5) is 2.41.